The predicted molar refractivity (Wildman–Crippen MR) is 206 cm³/mol. The predicted octanol–water partition coefficient (Wildman–Crippen LogP) is 4.94. The number of allylic oxidation sites excluding steroid dienone is 2. The van der Waals surface area contributed by atoms with E-state index in [0.29, 0.717) is 23.3 Å². The molecule has 54 heavy (non-hydrogen) atoms. The van der Waals surface area contributed by atoms with Crippen molar-refractivity contribution in [2.24, 2.45) is 22.7 Å². The topological polar surface area (TPSA) is 153 Å². The van der Waals surface area contributed by atoms with E-state index in [1.165, 1.54) is 13.8 Å². The van der Waals surface area contributed by atoms with Crippen LogP contribution in [0.4, 0.5) is 0 Å². The molecule has 4 rings (SSSR count). The van der Waals surface area contributed by atoms with Crippen LogP contribution in [0, 0.1) is 17.8 Å². The normalized spacial score (nSPS) is 39.1. The lowest BCUT2D eigenvalue weighted by molar-refractivity contribution is -0.296. The number of aliphatic imine (C=N–C) groups is 1. The van der Waals surface area contributed by atoms with E-state index in [2.05, 4.69) is 11.6 Å². The smallest absolute Gasteiger partial charge is 0.316 e. The van der Waals surface area contributed by atoms with Gasteiger partial charge in [0.25, 0.3) is 0 Å². The second-order valence-corrected chi connectivity index (χ2v) is 16.1. The van der Waals surface area contributed by atoms with E-state index in [4.69, 9.17) is 23.7 Å². The largest absolute Gasteiger partial charge is 0.459 e. The van der Waals surface area contributed by atoms with Crippen molar-refractivity contribution in [1.82, 2.24) is 4.90 Å². The van der Waals surface area contributed by atoms with Crippen molar-refractivity contribution in [3.8, 4) is 0 Å². The Hall–Kier alpha value is -3.10. The first-order chi connectivity index (χ1) is 25.3. The van der Waals surface area contributed by atoms with Gasteiger partial charge in [-0.3, -0.25) is 14.4 Å². The third kappa shape index (κ3) is 10.2. The van der Waals surface area contributed by atoms with Gasteiger partial charge in [-0.15, -0.1) is 0 Å². The number of Topliss-reactive ketones (excluding diaryl/α,β-unsaturated/α-hetero) is 1. The van der Waals surface area contributed by atoms with E-state index in [9.17, 15) is 24.6 Å². The van der Waals surface area contributed by atoms with Crippen molar-refractivity contribution in [3.05, 3.63) is 54.1 Å². The Morgan fingerprint density at radius 1 is 1.11 bits per heavy atom. The number of aliphatic hydroxyl groups is 2. The van der Waals surface area contributed by atoms with Crippen LogP contribution >= 0.6 is 0 Å². The number of amides is 1. The maximum absolute atomic E-state index is 14.4. The highest BCUT2D eigenvalue weighted by atomic mass is 16.7. The molecule has 300 valence electrons. The molecule has 2 bridgehead atoms. The third-order valence-electron chi connectivity index (χ3n) is 11.3. The third-order valence-corrected chi connectivity index (χ3v) is 11.3. The van der Waals surface area contributed by atoms with Gasteiger partial charge in [0.05, 0.1) is 37.1 Å². The summed E-state index contributed by atoms with van der Waals surface area (Å²) in [4.78, 5) is 47.2. The molecule has 0 radical (unpaired) electrons. The molecule has 1 aromatic carbocycles. The van der Waals surface area contributed by atoms with Gasteiger partial charge in [0.15, 0.2) is 12.1 Å². The van der Waals surface area contributed by atoms with Crippen LogP contribution in [0.3, 0.4) is 0 Å². The molecular weight excluding hydrogens is 692 g/mol. The zero-order chi connectivity index (χ0) is 40.1. The molecule has 3 aliphatic heterocycles. The molecule has 0 aromatic heterocycles. The number of nitrogens with zero attached hydrogens (tertiary/aromatic N) is 2. The summed E-state index contributed by atoms with van der Waals surface area (Å²) in [6, 6.07) is 9.36. The minimum Gasteiger partial charge on any atom is -0.459 e. The first-order valence-corrected chi connectivity index (χ1v) is 19.2. The molecule has 0 saturated carbocycles. The van der Waals surface area contributed by atoms with Gasteiger partial charge < -0.3 is 38.8 Å². The summed E-state index contributed by atoms with van der Waals surface area (Å²) in [5.41, 5.74) is -0.351. The van der Waals surface area contributed by atoms with Crippen LogP contribution in [0.15, 0.2) is 53.6 Å². The molecule has 3 aliphatic rings. The monoisotopic (exact) mass is 754 g/mol. The lowest BCUT2D eigenvalue weighted by Crippen LogP contribution is -2.59. The van der Waals surface area contributed by atoms with Crippen molar-refractivity contribution in [2.45, 2.75) is 135 Å². The minimum atomic E-state index is -1.76. The van der Waals surface area contributed by atoms with Crippen molar-refractivity contribution >= 4 is 28.9 Å². The fourth-order valence-corrected chi connectivity index (χ4v) is 8.05. The SMILES string of the molecule is C=C(/C=C1/CO[C@H]2CC(=NC(C)=O)[C@H](C)C[C@@](C)(OC1)[C@H](O[C@@H]1O[C@H](C)C[C@H](N(C)C)[C@H]1O)[C@@H](C)C(=O)[C@@H](C)C(=O)O[C@@H](CC)[C@@]2(C)O)c1ccccc1. The molecule has 3 saturated heterocycles. The van der Waals surface area contributed by atoms with Crippen LogP contribution < -0.4 is 0 Å². The highest BCUT2D eigenvalue weighted by molar-refractivity contribution is 6.00. The lowest BCUT2D eigenvalue weighted by atomic mass is 9.76. The molecule has 2 N–H and O–H groups in total. The maximum Gasteiger partial charge on any atom is 0.316 e. The average Bonchev–Trinajstić information content (AvgIpc) is 3.13. The summed E-state index contributed by atoms with van der Waals surface area (Å²) in [7, 11) is 3.76. The molecule has 12 atom stereocenters. The second-order valence-electron chi connectivity index (χ2n) is 16.1. The van der Waals surface area contributed by atoms with Crippen LogP contribution in [-0.2, 0) is 38.1 Å². The Bertz CT molecular complexity index is 1560. The van der Waals surface area contributed by atoms with E-state index in [-0.39, 0.29) is 44.6 Å². The van der Waals surface area contributed by atoms with Gasteiger partial charge in [-0.25, -0.2) is 4.99 Å². The van der Waals surface area contributed by atoms with E-state index in [1.54, 1.807) is 20.8 Å². The molecular formula is C42H62N2O10. The number of esters is 1. The molecule has 1 amide bonds. The van der Waals surface area contributed by atoms with Gasteiger partial charge in [0.1, 0.15) is 23.7 Å². The summed E-state index contributed by atoms with van der Waals surface area (Å²) in [6.45, 7) is 17.8. The van der Waals surface area contributed by atoms with E-state index in [1.807, 2.05) is 76.2 Å². The van der Waals surface area contributed by atoms with Crippen LogP contribution in [-0.4, -0.2) is 120 Å². The van der Waals surface area contributed by atoms with E-state index < -0.39 is 77.3 Å². The number of ether oxygens (including phenoxy) is 5. The van der Waals surface area contributed by atoms with Crippen LogP contribution in [0.25, 0.3) is 5.57 Å². The van der Waals surface area contributed by atoms with Crippen molar-refractivity contribution < 1.29 is 48.3 Å². The second kappa shape index (κ2) is 18.2. The number of hydrogen-bond acceptors (Lipinski definition) is 11. The number of fused-ring (bicyclic) bond motifs is 5. The summed E-state index contributed by atoms with van der Waals surface area (Å²) in [5, 5.41) is 23.8. The summed E-state index contributed by atoms with van der Waals surface area (Å²) >= 11 is 0. The van der Waals surface area contributed by atoms with Gasteiger partial charge in [-0.2, -0.15) is 0 Å². The molecule has 0 aliphatic carbocycles. The van der Waals surface area contributed by atoms with Gasteiger partial charge in [-0.1, -0.05) is 63.8 Å². The number of carbonyl (C=O) groups excluding carboxylic acids is 3. The van der Waals surface area contributed by atoms with Crippen molar-refractivity contribution in [1.29, 1.82) is 0 Å². The molecule has 0 unspecified atom stereocenters. The number of carbonyl (C=O) groups is 3. The number of benzene rings is 1. The number of aliphatic hydroxyl groups excluding tert-OH is 1. The number of likely N-dealkylation sites (N-methyl/N-ethyl adjacent to an activating group) is 1. The molecule has 12 nitrogen and oxygen atoms in total. The highest BCUT2D eigenvalue weighted by Crippen LogP contribution is 2.39. The molecule has 3 fully saturated rings. The molecule has 0 spiro atoms. The number of rotatable bonds is 6. The number of ketones is 1. The summed E-state index contributed by atoms with van der Waals surface area (Å²) in [6.07, 6.45) is -2.72. The van der Waals surface area contributed by atoms with Crippen molar-refractivity contribution in [3.63, 3.8) is 0 Å². The van der Waals surface area contributed by atoms with Gasteiger partial charge >= 0.3 is 5.97 Å². The fraction of sp³-hybridized carbons (Fsp3) is 0.667. The Balaban J connectivity index is 1.96. The number of cyclic esters (lactones) is 1. The molecule has 3 heterocycles. The Morgan fingerprint density at radius 2 is 1.78 bits per heavy atom. The van der Waals surface area contributed by atoms with E-state index >= 15 is 0 Å². The van der Waals surface area contributed by atoms with Gasteiger partial charge in [0, 0.05) is 31.0 Å². The first kappa shape index (κ1) is 43.6. The van der Waals surface area contributed by atoms with Crippen LogP contribution in [0.5, 0.6) is 0 Å². The lowest BCUT2D eigenvalue weighted by Gasteiger charge is -2.47. The summed E-state index contributed by atoms with van der Waals surface area (Å²) in [5.74, 6) is -4.35. The zero-order valence-electron chi connectivity index (χ0n) is 33.7. The molecule has 1 aromatic rings. The Kier molecular flexibility index (Phi) is 14.7. The maximum atomic E-state index is 14.4. The minimum absolute atomic E-state index is 0.0108. The van der Waals surface area contributed by atoms with Gasteiger partial charge in [0.2, 0.25) is 5.91 Å². The zero-order valence-corrected chi connectivity index (χ0v) is 33.7. The molecule has 12 heteroatoms. The van der Waals surface area contributed by atoms with Crippen LogP contribution in [0.1, 0.15) is 86.6 Å². The standard InChI is InChI=1S/C42H62N2O10/c1-12-34-42(9,49)35-20-32(43-29(7)45)25(3)21-41(8,51-23-30(22-50-35)18-24(2)31-16-14-13-15-17-31)38(27(5)36(46)28(6)39(48)53-34)54-40-37(47)33(44(10)11)19-26(4)52-40/h13-18,25-28,33-35,37-38,40,47,49H,2,12,19-23H2,1,3-11H3/b30-18-,43-32?/t25-,26-,27+,28-,33+,34+,35+,37-,38-,40+,41-,42-/m1/s1. The first-order valence-electron chi connectivity index (χ1n) is 19.2. The fourth-order valence-electron chi connectivity index (χ4n) is 8.05. The summed E-state index contributed by atoms with van der Waals surface area (Å²) < 4.78 is 32.5. The van der Waals surface area contributed by atoms with Crippen LogP contribution in [0.2, 0.25) is 0 Å². The average molecular weight is 755 g/mol. The van der Waals surface area contributed by atoms with E-state index in [0.717, 1.165) is 5.56 Å². The highest BCUT2D eigenvalue weighted by Gasteiger charge is 2.51. The quantitative estimate of drug-likeness (QED) is 0.300. The Morgan fingerprint density at radius 3 is 2.39 bits per heavy atom. The number of hydrogen-bond donors (Lipinski definition) is 2. The Labute approximate surface area is 320 Å². The van der Waals surface area contributed by atoms with Gasteiger partial charge in [-0.05, 0) is 83.7 Å². The van der Waals surface area contributed by atoms with Crippen molar-refractivity contribution in [2.75, 3.05) is 27.3 Å².